The highest BCUT2D eigenvalue weighted by atomic mass is 16.5. The molecule has 0 N–H and O–H groups in total. The molecule has 1 aromatic rings. The van der Waals surface area contributed by atoms with Crippen LogP contribution in [0.5, 0.6) is 5.75 Å². The Balaban J connectivity index is 1.87. The predicted octanol–water partition coefficient (Wildman–Crippen LogP) is 3.46. The van der Waals surface area contributed by atoms with Crippen LogP contribution in [-0.4, -0.2) is 35.9 Å². The van der Waals surface area contributed by atoms with Gasteiger partial charge in [-0.05, 0) is 63.0 Å². The van der Waals surface area contributed by atoms with Crippen molar-refractivity contribution in [3.05, 3.63) is 29.3 Å². The van der Waals surface area contributed by atoms with Gasteiger partial charge in [0, 0.05) is 12.0 Å². The van der Waals surface area contributed by atoms with Crippen LogP contribution < -0.4 is 4.74 Å². The number of nitrogens with zero attached hydrogens (tertiary/aromatic N) is 1. The topological polar surface area (TPSA) is 29.5 Å². The summed E-state index contributed by atoms with van der Waals surface area (Å²) < 4.78 is 5.54. The minimum Gasteiger partial charge on any atom is -0.493 e. The zero-order valence-electron chi connectivity index (χ0n) is 13.2. The minimum absolute atomic E-state index is 0.265. The molecule has 2 aliphatic heterocycles. The number of ketones is 1. The van der Waals surface area contributed by atoms with Gasteiger partial charge in [-0.15, -0.1) is 0 Å². The first-order valence-corrected chi connectivity index (χ1v) is 8.21. The van der Waals surface area contributed by atoms with Gasteiger partial charge in [-0.3, -0.25) is 9.69 Å². The molecule has 0 amide bonds. The number of benzene rings is 1. The van der Waals surface area contributed by atoms with E-state index in [0.29, 0.717) is 0 Å². The third kappa shape index (κ3) is 2.59. The van der Waals surface area contributed by atoms with Crippen LogP contribution in [0.2, 0.25) is 0 Å². The fourth-order valence-corrected chi connectivity index (χ4v) is 3.55. The van der Waals surface area contributed by atoms with E-state index in [2.05, 4.69) is 18.7 Å². The number of carbonyl (C=O) groups is 1. The Morgan fingerprint density at radius 3 is 2.76 bits per heavy atom. The van der Waals surface area contributed by atoms with E-state index in [-0.39, 0.29) is 11.3 Å². The summed E-state index contributed by atoms with van der Waals surface area (Å²) in [6.45, 7) is 7.08. The van der Waals surface area contributed by atoms with Gasteiger partial charge in [0.25, 0.3) is 0 Å². The van der Waals surface area contributed by atoms with E-state index in [1.807, 2.05) is 18.2 Å². The van der Waals surface area contributed by atoms with Crippen molar-refractivity contribution in [2.24, 2.45) is 0 Å². The Bertz CT molecular complexity index is 534. The van der Waals surface area contributed by atoms with Gasteiger partial charge in [0.2, 0.25) is 0 Å². The highest BCUT2D eigenvalue weighted by molar-refractivity contribution is 6.03. The SMILES string of the molecule is CCC(C)(C(=O)c1ccc2c(c1)CCO2)N1CCCCC1. The first kappa shape index (κ1) is 14.6. The number of hydrogen-bond acceptors (Lipinski definition) is 3. The van der Waals surface area contributed by atoms with Crippen LogP contribution in [0.25, 0.3) is 0 Å². The van der Waals surface area contributed by atoms with Crippen LogP contribution in [0.15, 0.2) is 18.2 Å². The molecule has 0 aromatic heterocycles. The summed E-state index contributed by atoms with van der Waals surface area (Å²) in [6.07, 6.45) is 5.49. The van der Waals surface area contributed by atoms with E-state index < -0.39 is 0 Å². The molecule has 2 heterocycles. The number of rotatable bonds is 4. The molecule has 0 spiro atoms. The molecule has 1 aromatic carbocycles. The number of piperidine rings is 1. The molecular formula is C18H25NO2. The van der Waals surface area contributed by atoms with Crippen molar-refractivity contribution in [2.75, 3.05) is 19.7 Å². The monoisotopic (exact) mass is 287 g/mol. The van der Waals surface area contributed by atoms with Crippen molar-refractivity contribution in [3.63, 3.8) is 0 Å². The molecule has 1 saturated heterocycles. The maximum Gasteiger partial charge on any atom is 0.182 e. The quantitative estimate of drug-likeness (QED) is 0.794. The molecule has 0 saturated carbocycles. The van der Waals surface area contributed by atoms with Gasteiger partial charge < -0.3 is 4.74 Å². The highest BCUT2D eigenvalue weighted by Gasteiger charge is 2.38. The lowest BCUT2D eigenvalue weighted by molar-refractivity contribution is 0.0505. The average Bonchev–Trinajstić information content (AvgIpc) is 3.01. The van der Waals surface area contributed by atoms with E-state index in [0.717, 1.165) is 43.9 Å². The second-order valence-corrected chi connectivity index (χ2v) is 6.43. The summed E-state index contributed by atoms with van der Waals surface area (Å²) in [4.78, 5) is 15.5. The summed E-state index contributed by atoms with van der Waals surface area (Å²) in [7, 11) is 0. The number of fused-ring (bicyclic) bond motifs is 1. The number of ether oxygens (including phenoxy) is 1. The Kier molecular flexibility index (Phi) is 4.03. The molecule has 1 atom stereocenters. The van der Waals surface area contributed by atoms with Crippen molar-refractivity contribution >= 4 is 5.78 Å². The number of hydrogen-bond donors (Lipinski definition) is 0. The molecule has 3 heteroatoms. The molecule has 114 valence electrons. The van der Waals surface area contributed by atoms with Gasteiger partial charge in [0.1, 0.15) is 5.75 Å². The van der Waals surface area contributed by atoms with Gasteiger partial charge in [0.15, 0.2) is 5.78 Å². The second-order valence-electron chi connectivity index (χ2n) is 6.43. The molecule has 0 aliphatic carbocycles. The normalized spacial score (nSPS) is 21.4. The second kappa shape index (κ2) is 5.80. The molecular weight excluding hydrogens is 262 g/mol. The maximum atomic E-state index is 13.1. The van der Waals surface area contributed by atoms with Crippen molar-refractivity contribution in [1.29, 1.82) is 0 Å². The summed E-state index contributed by atoms with van der Waals surface area (Å²) in [5.41, 5.74) is 1.65. The average molecular weight is 287 g/mol. The zero-order valence-corrected chi connectivity index (χ0v) is 13.2. The van der Waals surface area contributed by atoms with E-state index >= 15 is 0 Å². The molecule has 0 radical (unpaired) electrons. The lowest BCUT2D eigenvalue weighted by Gasteiger charge is -2.42. The van der Waals surface area contributed by atoms with Crippen LogP contribution in [-0.2, 0) is 6.42 Å². The largest absolute Gasteiger partial charge is 0.493 e. The van der Waals surface area contributed by atoms with E-state index in [1.165, 1.54) is 24.8 Å². The van der Waals surface area contributed by atoms with E-state index in [9.17, 15) is 4.79 Å². The van der Waals surface area contributed by atoms with Gasteiger partial charge in [-0.1, -0.05) is 13.3 Å². The predicted molar refractivity (Wildman–Crippen MR) is 84.1 cm³/mol. The smallest absolute Gasteiger partial charge is 0.182 e. The third-order valence-electron chi connectivity index (χ3n) is 5.18. The first-order chi connectivity index (χ1) is 10.1. The molecule has 3 rings (SSSR count). The third-order valence-corrected chi connectivity index (χ3v) is 5.18. The lowest BCUT2D eigenvalue weighted by atomic mass is 9.85. The molecule has 1 fully saturated rings. The minimum atomic E-state index is -0.367. The van der Waals surface area contributed by atoms with E-state index in [1.54, 1.807) is 0 Å². The van der Waals surface area contributed by atoms with Crippen LogP contribution in [0.1, 0.15) is 55.5 Å². The van der Waals surface area contributed by atoms with E-state index in [4.69, 9.17) is 4.74 Å². The summed E-state index contributed by atoms with van der Waals surface area (Å²) in [5.74, 6) is 1.21. The highest BCUT2D eigenvalue weighted by Crippen LogP contribution is 2.31. The van der Waals surface area contributed by atoms with Gasteiger partial charge >= 0.3 is 0 Å². The number of carbonyl (C=O) groups excluding carboxylic acids is 1. The Labute approximate surface area is 127 Å². The van der Waals surface area contributed by atoms with Crippen molar-refractivity contribution in [2.45, 2.75) is 51.5 Å². The Morgan fingerprint density at radius 1 is 1.29 bits per heavy atom. The van der Waals surface area contributed by atoms with Crippen LogP contribution >= 0.6 is 0 Å². The summed E-state index contributed by atoms with van der Waals surface area (Å²) >= 11 is 0. The van der Waals surface area contributed by atoms with Gasteiger partial charge in [-0.2, -0.15) is 0 Å². The fourth-order valence-electron chi connectivity index (χ4n) is 3.55. The Hall–Kier alpha value is -1.35. The zero-order chi connectivity index (χ0) is 14.9. The number of Topliss-reactive ketones (excluding diaryl/α,β-unsaturated/α-hetero) is 1. The number of likely N-dealkylation sites (tertiary alicyclic amines) is 1. The van der Waals surface area contributed by atoms with Crippen molar-refractivity contribution in [3.8, 4) is 5.75 Å². The molecule has 21 heavy (non-hydrogen) atoms. The van der Waals surface area contributed by atoms with Crippen molar-refractivity contribution in [1.82, 2.24) is 4.90 Å². The molecule has 1 unspecified atom stereocenters. The Morgan fingerprint density at radius 2 is 2.05 bits per heavy atom. The van der Waals surface area contributed by atoms with Crippen LogP contribution in [0, 0.1) is 0 Å². The van der Waals surface area contributed by atoms with Crippen LogP contribution in [0.4, 0.5) is 0 Å². The standard InChI is InChI=1S/C18H25NO2/c1-3-18(2,19-10-5-4-6-11-19)17(20)15-7-8-16-14(13-15)9-12-21-16/h7-8,13H,3-6,9-12H2,1-2H3. The summed E-state index contributed by atoms with van der Waals surface area (Å²) in [6, 6.07) is 5.94. The van der Waals surface area contributed by atoms with Crippen LogP contribution in [0.3, 0.4) is 0 Å². The molecule has 0 bridgehead atoms. The molecule has 2 aliphatic rings. The van der Waals surface area contributed by atoms with Crippen molar-refractivity contribution < 1.29 is 9.53 Å². The first-order valence-electron chi connectivity index (χ1n) is 8.21. The lowest BCUT2D eigenvalue weighted by Crippen LogP contribution is -2.53. The fraction of sp³-hybridized carbons (Fsp3) is 0.611. The summed E-state index contributed by atoms with van der Waals surface area (Å²) in [5, 5.41) is 0. The van der Waals surface area contributed by atoms with Gasteiger partial charge in [0.05, 0.1) is 12.1 Å². The van der Waals surface area contributed by atoms with Gasteiger partial charge in [-0.25, -0.2) is 0 Å². The molecule has 3 nitrogen and oxygen atoms in total. The maximum absolute atomic E-state index is 13.1.